The maximum atomic E-state index is 15.2. The number of fused-ring (bicyclic) bond motifs is 14. The maximum Gasteiger partial charge on any atom is 0.569 e. The molecule has 0 saturated heterocycles. The molecule has 0 amide bonds. The number of halogens is 3. The van der Waals surface area contributed by atoms with Crippen LogP contribution in [0.2, 0.25) is 5.28 Å². The van der Waals surface area contributed by atoms with Crippen molar-refractivity contribution in [3.8, 4) is 107 Å². The lowest BCUT2D eigenvalue weighted by molar-refractivity contribution is 0.454. The molecule has 8 heterocycles. The van der Waals surface area contributed by atoms with Gasteiger partial charge in [0.1, 0.15) is 39.7 Å². The van der Waals surface area contributed by atoms with E-state index in [-0.39, 0.29) is 16.9 Å². The number of benzene rings is 14. The van der Waals surface area contributed by atoms with E-state index in [0.29, 0.717) is 53.7 Å². The highest BCUT2D eigenvalue weighted by atomic mass is 35.5. The zero-order chi connectivity index (χ0) is 76.3. The Bertz CT molecular complexity index is 7520. The maximum absolute atomic E-state index is 15.2. The van der Waals surface area contributed by atoms with E-state index < -0.39 is 0 Å². The minimum absolute atomic E-state index is 0.0610. The predicted octanol–water partition coefficient (Wildman–Crippen LogP) is 25.9. The monoisotopic (exact) mass is 1530 g/mol. The van der Waals surface area contributed by atoms with Crippen molar-refractivity contribution in [3.05, 3.63) is 345 Å². The van der Waals surface area contributed by atoms with Crippen molar-refractivity contribution in [1.29, 1.82) is 0 Å². The SMILES string of the molecule is Fc1cc(-c2nc(-c3ccc4c(c3)sc3cc(-c5cccnc5)ccc34)nc(-c3ccc4oc5cc(-c6ccccc6)ccc5c4c3)n2)c2ccccc2c1.Fc1cc(-c2nc(Cl)nc(-c3ccc4c(c3)sc3cc(-c5cccnc5)ccc34)n2)c2ccccc2c1.O[B]Oc1ccc2oc3cc(-c4ccccc4)ccc3c2c1. The largest absolute Gasteiger partial charge is 0.569 e. The van der Waals surface area contributed by atoms with Gasteiger partial charge in [-0.15, -0.1) is 22.7 Å². The Morgan fingerprint density at radius 3 is 1.16 bits per heavy atom. The number of furan rings is 2. The Kier molecular flexibility index (Phi) is 17.8. The van der Waals surface area contributed by atoms with Crippen LogP contribution in [0.3, 0.4) is 0 Å². The molecule has 0 atom stereocenters. The molecule has 14 aromatic carbocycles. The molecule has 0 spiro atoms. The Morgan fingerprint density at radius 2 is 0.675 bits per heavy atom. The molecule has 0 aliphatic carbocycles. The van der Waals surface area contributed by atoms with Crippen LogP contribution in [0, 0.1) is 11.6 Å². The minimum Gasteiger partial charge on any atom is -0.537 e. The first-order valence-corrected chi connectivity index (χ1v) is 38.6. The van der Waals surface area contributed by atoms with Gasteiger partial charge in [-0.1, -0.05) is 182 Å². The molecular formula is C96H55BClF2N8O4S2. The first-order valence-electron chi connectivity index (χ1n) is 36.5. The van der Waals surface area contributed by atoms with Crippen LogP contribution in [-0.2, 0) is 0 Å². The molecular weight excluding hydrogens is 1480 g/mol. The summed E-state index contributed by atoms with van der Waals surface area (Å²) in [6.07, 6.45) is 7.32. The van der Waals surface area contributed by atoms with E-state index in [1.165, 1.54) is 49.8 Å². The molecule has 0 unspecified atom stereocenters. The molecule has 114 heavy (non-hydrogen) atoms. The smallest absolute Gasteiger partial charge is 0.537 e. The van der Waals surface area contributed by atoms with Gasteiger partial charge in [-0.05, 0) is 188 Å². The topological polar surface area (TPSA) is 159 Å². The molecule has 22 rings (SSSR count). The molecule has 0 fully saturated rings. The number of nitrogens with zero attached hydrogens (tertiary/aromatic N) is 8. The van der Waals surface area contributed by atoms with E-state index in [0.717, 1.165) is 141 Å². The van der Waals surface area contributed by atoms with Gasteiger partial charge in [0.2, 0.25) is 5.28 Å². The number of aromatic nitrogens is 8. The number of pyridine rings is 2. The quantitative estimate of drug-likeness (QED) is 0.122. The van der Waals surface area contributed by atoms with Crippen molar-refractivity contribution in [3.63, 3.8) is 0 Å². The van der Waals surface area contributed by atoms with Crippen molar-refractivity contribution >= 4 is 148 Å². The van der Waals surface area contributed by atoms with E-state index in [4.69, 9.17) is 50.0 Å². The molecule has 0 bridgehead atoms. The average Bonchev–Trinajstić information content (AvgIpc) is 1.67. The molecule has 0 aliphatic heterocycles. The summed E-state index contributed by atoms with van der Waals surface area (Å²) in [5.74, 6) is 2.04. The van der Waals surface area contributed by atoms with Gasteiger partial charge in [0.05, 0.1) is 0 Å². The fourth-order valence-corrected chi connectivity index (χ4v) is 17.5. The molecule has 8 aromatic heterocycles. The van der Waals surface area contributed by atoms with Gasteiger partial charge < -0.3 is 18.5 Å². The van der Waals surface area contributed by atoms with Crippen LogP contribution in [0.5, 0.6) is 5.75 Å². The van der Waals surface area contributed by atoms with E-state index >= 15 is 4.39 Å². The van der Waals surface area contributed by atoms with Crippen LogP contribution in [0.1, 0.15) is 0 Å². The second-order valence-electron chi connectivity index (χ2n) is 27.4. The molecule has 22 aromatic rings. The zero-order valence-corrected chi connectivity index (χ0v) is 62.3. The number of hydrogen-bond donors (Lipinski definition) is 1. The van der Waals surface area contributed by atoms with Gasteiger partial charge in [-0.2, -0.15) is 9.97 Å². The van der Waals surface area contributed by atoms with Crippen molar-refractivity contribution in [2.24, 2.45) is 0 Å². The van der Waals surface area contributed by atoms with Crippen LogP contribution in [0.25, 0.3) is 207 Å². The second-order valence-corrected chi connectivity index (χ2v) is 29.9. The summed E-state index contributed by atoms with van der Waals surface area (Å²) in [5, 5.41) is 20.7. The van der Waals surface area contributed by atoms with Crippen molar-refractivity contribution in [2.75, 3.05) is 0 Å². The van der Waals surface area contributed by atoms with Gasteiger partial charge in [-0.3, -0.25) is 9.97 Å². The Labute approximate surface area is 662 Å². The summed E-state index contributed by atoms with van der Waals surface area (Å²) in [6.45, 7) is 0. The summed E-state index contributed by atoms with van der Waals surface area (Å²) in [4.78, 5) is 37.1. The lowest BCUT2D eigenvalue weighted by atomic mass is 10.0. The van der Waals surface area contributed by atoms with Gasteiger partial charge in [0.15, 0.2) is 29.1 Å². The van der Waals surface area contributed by atoms with Crippen LogP contribution in [0.4, 0.5) is 8.78 Å². The number of rotatable bonds is 11. The minimum atomic E-state index is -0.357. The molecule has 1 radical (unpaired) electrons. The Balaban J connectivity index is 0.000000122. The van der Waals surface area contributed by atoms with Crippen molar-refractivity contribution in [2.45, 2.75) is 0 Å². The fraction of sp³-hybridized carbons (Fsp3) is 0. The van der Waals surface area contributed by atoms with Crippen LogP contribution in [0.15, 0.2) is 337 Å². The molecule has 0 saturated carbocycles. The molecule has 12 nitrogen and oxygen atoms in total. The van der Waals surface area contributed by atoms with E-state index in [2.05, 4.69) is 159 Å². The Morgan fingerprint density at radius 1 is 0.298 bits per heavy atom. The number of hydrogen-bond acceptors (Lipinski definition) is 14. The zero-order valence-electron chi connectivity index (χ0n) is 60.0. The third-order valence-corrected chi connectivity index (χ3v) is 22.8. The van der Waals surface area contributed by atoms with Crippen LogP contribution < -0.4 is 4.65 Å². The fourth-order valence-electron chi connectivity index (χ4n) is 15.0. The molecule has 0 aliphatic rings. The summed E-state index contributed by atoms with van der Waals surface area (Å²) in [5.41, 5.74) is 15.8. The lowest BCUT2D eigenvalue weighted by Crippen LogP contribution is -2.01. The summed E-state index contributed by atoms with van der Waals surface area (Å²) >= 11 is 9.79. The third kappa shape index (κ3) is 13.3. The van der Waals surface area contributed by atoms with Gasteiger partial charge in [0.25, 0.3) is 0 Å². The van der Waals surface area contributed by atoms with E-state index in [9.17, 15) is 4.39 Å². The third-order valence-electron chi connectivity index (χ3n) is 20.4. The van der Waals surface area contributed by atoms with E-state index in [1.807, 2.05) is 146 Å². The Hall–Kier alpha value is -14.1. The summed E-state index contributed by atoms with van der Waals surface area (Å²) in [7, 11) is 0.678. The van der Waals surface area contributed by atoms with Gasteiger partial charge in [0, 0.05) is 126 Å². The normalized spacial score (nSPS) is 11.5. The summed E-state index contributed by atoms with van der Waals surface area (Å²) in [6, 6.07) is 99.3. The van der Waals surface area contributed by atoms with Gasteiger partial charge in [-0.25, -0.2) is 28.7 Å². The summed E-state index contributed by atoms with van der Waals surface area (Å²) < 4.78 is 51.5. The van der Waals surface area contributed by atoms with Gasteiger partial charge >= 0.3 is 7.69 Å². The molecule has 1 N–H and O–H groups in total. The molecule has 18 heteroatoms. The highest BCUT2D eigenvalue weighted by molar-refractivity contribution is 7.26. The highest BCUT2D eigenvalue weighted by Gasteiger charge is 2.21. The van der Waals surface area contributed by atoms with E-state index in [1.54, 1.807) is 41.1 Å². The average molecular weight is 1530 g/mol. The second kappa shape index (κ2) is 29.3. The first kappa shape index (κ1) is 69.2. The first-order chi connectivity index (χ1) is 56.1. The predicted molar refractivity (Wildman–Crippen MR) is 459 cm³/mol. The molecule has 539 valence electrons. The van der Waals surface area contributed by atoms with Crippen LogP contribution in [-0.4, -0.2) is 52.6 Å². The van der Waals surface area contributed by atoms with Crippen molar-refractivity contribution in [1.82, 2.24) is 39.9 Å². The number of thiophene rings is 2. The highest BCUT2D eigenvalue weighted by Crippen LogP contribution is 2.43. The lowest BCUT2D eigenvalue weighted by Gasteiger charge is -2.11. The standard InChI is InChI=1S/C48H27FN4OS.C30H16ClFN4S.C18H12BO3/c49-35-21-31-9-4-5-11-36(31)41(26-35)48-52-46(32-15-19-42-40(22-32)37-16-12-29(23-43(37)54-42)28-7-2-1-3-8-28)51-47(53-48)33-14-18-39-38-17-13-30(34-10-6-20-50-27-34)24-44(38)55-45(39)25-33;31-30-35-28(34-29(36-30)25-15-21(32)12-18-4-1-2-6-22(18)25)19-8-10-24-23-9-7-17(20-5-3-11-33-16-20)13-26(23)37-27(24)14-19;20-19-22-14-7-9-17-16(11-14)15-8-6-13(10-18(15)21-17)12-4-2-1-3-5-12/h1-27H;1-16H;1-11,20H. The van der Waals surface area contributed by atoms with Crippen LogP contribution >= 0.6 is 34.3 Å². The van der Waals surface area contributed by atoms with Crippen molar-refractivity contribution < 1.29 is 27.3 Å².